The van der Waals surface area contributed by atoms with Crippen LogP contribution in [0.5, 0.6) is 0 Å². The van der Waals surface area contributed by atoms with Crippen LogP contribution in [0.3, 0.4) is 0 Å². The maximum absolute atomic E-state index is 11.6. The lowest BCUT2D eigenvalue weighted by atomic mass is 9.97. The Labute approximate surface area is 198 Å². The lowest BCUT2D eigenvalue weighted by Gasteiger charge is -2.11. The molecular weight excluding hydrogens is 400 g/mol. The quantitative estimate of drug-likeness (QED) is 0.0904. The van der Waals surface area contributed by atoms with Crippen LogP contribution < -0.4 is 0 Å². The van der Waals surface area contributed by atoms with Crippen molar-refractivity contribution in [1.29, 1.82) is 0 Å². The minimum Gasteiger partial charge on any atom is -0.481 e. The Hall–Kier alpha value is -1.32. The first-order valence-electron chi connectivity index (χ1n) is 13.6. The number of carbonyl (C=O) groups is 2. The summed E-state index contributed by atoms with van der Waals surface area (Å²) in [6, 6.07) is 0. The number of hydrogen-bond donors (Lipinski definition) is 1. The third kappa shape index (κ3) is 21.9. The zero-order chi connectivity index (χ0) is 23.7. The lowest BCUT2D eigenvalue weighted by molar-refractivity contribution is -0.151. The summed E-state index contributed by atoms with van der Waals surface area (Å²) >= 11 is 0. The minimum absolute atomic E-state index is 0.00567. The number of aliphatic carboxylic acids is 1. The maximum atomic E-state index is 11.6. The minimum atomic E-state index is -0.888. The highest BCUT2D eigenvalue weighted by Crippen LogP contribution is 2.16. The maximum Gasteiger partial charge on any atom is 0.307 e. The fourth-order valence-corrected chi connectivity index (χ4v) is 3.96. The summed E-state index contributed by atoms with van der Waals surface area (Å²) in [5.41, 5.74) is 0. The molecule has 0 rings (SSSR count). The number of ether oxygens (including phenoxy) is 1. The summed E-state index contributed by atoms with van der Waals surface area (Å²) in [4.78, 5) is 22.9. The van der Waals surface area contributed by atoms with E-state index in [1.165, 1.54) is 83.5 Å². The summed E-state index contributed by atoms with van der Waals surface area (Å²) < 4.78 is 5.00. The number of rotatable bonds is 24. The SMILES string of the molecule is CCCCCCCCCCCCCC/C=C/CCCCCC(CC(=O)OCCC)C(=O)O. The smallest absolute Gasteiger partial charge is 0.307 e. The molecule has 0 aliphatic rings. The molecule has 1 N–H and O–H groups in total. The second-order valence-electron chi connectivity index (χ2n) is 9.25. The van der Waals surface area contributed by atoms with Gasteiger partial charge in [-0.25, -0.2) is 0 Å². The molecular formula is C28H52O4. The molecule has 0 radical (unpaired) electrons. The van der Waals surface area contributed by atoms with E-state index in [4.69, 9.17) is 4.74 Å². The molecule has 0 aliphatic carbocycles. The van der Waals surface area contributed by atoms with Crippen molar-refractivity contribution in [3.63, 3.8) is 0 Å². The van der Waals surface area contributed by atoms with E-state index in [0.717, 1.165) is 32.1 Å². The molecule has 0 aliphatic heterocycles. The number of unbranched alkanes of at least 4 members (excludes halogenated alkanes) is 15. The normalized spacial score (nSPS) is 12.3. The van der Waals surface area contributed by atoms with Gasteiger partial charge in [0.1, 0.15) is 0 Å². The second kappa shape index (κ2) is 24.3. The van der Waals surface area contributed by atoms with Crippen LogP contribution in [0.15, 0.2) is 12.2 Å². The monoisotopic (exact) mass is 452 g/mol. The van der Waals surface area contributed by atoms with Gasteiger partial charge in [-0.05, 0) is 38.5 Å². The molecule has 1 unspecified atom stereocenters. The third-order valence-corrected chi connectivity index (χ3v) is 6.04. The van der Waals surface area contributed by atoms with E-state index in [2.05, 4.69) is 19.1 Å². The third-order valence-electron chi connectivity index (χ3n) is 6.04. The van der Waals surface area contributed by atoms with Gasteiger partial charge >= 0.3 is 11.9 Å². The zero-order valence-electron chi connectivity index (χ0n) is 21.3. The van der Waals surface area contributed by atoms with Gasteiger partial charge in [-0.2, -0.15) is 0 Å². The van der Waals surface area contributed by atoms with E-state index in [-0.39, 0.29) is 12.4 Å². The highest BCUT2D eigenvalue weighted by molar-refractivity contribution is 5.78. The predicted molar refractivity (Wildman–Crippen MR) is 135 cm³/mol. The molecule has 188 valence electrons. The lowest BCUT2D eigenvalue weighted by Crippen LogP contribution is -2.19. The van der Waals surface area contributed by atoms with Crippen LogP contribution in [0.1, 0.15) is 142 Å². The highest BCUT2D eigenvalue weighted by atomic mass is 16.5. The van der Waals surface area contributed by atoms with Gasteiger partial charge in [-0.3, -0.25) is 9.59 Å². The Kier molecular flexibility index (Phi) is 23.3. The van der Waals surface area contributed by atoms with Crippen LogP contribution in [0.2, 0.25) is 0 Å². The van der Waals surface area contributed by atoms with E-state index >= 15 is 0 Å². The van der Waals surface area contributed by atoms with Gasteiger partial charge in [0.25, 0.3) is 0 Å². The van der Waals surface area contributed by atoms with E-state index in [1.807, 2.05) is 6.92 Å². The average molecular weight is 453 g/mol. The van der Waals surface area contributed by atoms with Gasteiger partial charge < -0.3 is 9.84 Å². The van der Waals surface area contributed by atoms with E-state index in [9.17, 15) is 14.7 Å². The first-order valence-corrected chi connectivity index (χ1v) is 13.6. The van der Waals surface area contributed by atoms with Crippen molar-refractivity contribution in [3.05, 3.63) is 12.2 Å². The number of hydrogen-bond acceptors (Lipinski definition) is 3. The summed E-state index contributed by atoms with van der Waals surface area (Å²) in [6.45, 7) is 4.57. The molecule has 1 atom stereocenters. The Morgan fingerprint density at radius 3 is 1.62 bits per heavy atom. The predicted octanol–water partition coefficient (Wildman–Crippen LogP) is 8.63. The number of carboxylic acids is 1. The van der Waals surface area contributed by atoms with Gasteiger partial charge in [0, 0.05) is 0 Å². The summed E-state index contributed by atoms with van der Waals surface area (Å²) in [5.74, 6) is -1.89. The molecule has 0 spiro atoms. The molecule has 0 saturated heterocycles. The topological polar surface area (TPSA) is 63.6 Å². The fourth-order valence-electron chi connectivity index (χ4n) is 3.96. The molecule has 0 amide bonds. The molecule has 0 aromatic rings. The second-order valence-corrected chi connectivity index (χ2v) is 9.25. The first-order chi connectivity index (χ1) is 15.6. The molecule has 4 heteroatoms. The summed E-state index contributed by atoms with van der Waals surface area (Å²) in [5, 5.41) is 9.28. The van der Waals surface area contributed by atoms with E-state index < -0.39 is 11.9 Å². The van der Waals surface area contributed by atoms with Crippen LogP contribution >= 0.6 is 0 Å². The van der Waals surface area contributed by atoms with Gasteiger partial charge in [-0.15, -0.1) is 0 Å². The average Bonchev–Trinajstić information content (AvgIpc) is 2.78. The standard InChI is InChI=1S/C28H52O4/c1-3-5-6-7-8-9-10-11-12-13-14-15-16-17-18-19-20-21-22-23-26(28(30)31)25-27(29)32-24-4-2/h17-18,26H,3-16,19-25H2,1-2H3,(H,30,31)/b18-17+. The molecule has 0 fully saturated rings. The number of carboxylic acid groups (broad SMARTS) is 1. The van der Waals surface area contributed by atoms with Crippen LogP contribution in [0.4, 0.5) is 0 Å². The molecule has 32 heavy (non-hydrogen) atoms. The Bertz CT molecular complexity index is 458. The van der Waals surface area contributed by atoms with Crippen molar-refractivity contribution in [2.75, 3.05) is 6.61 Å². The number of carbonyl (C=O) groups excluding carboxylic acids is 1. The fraction of sp³-hybridized carbons (Fsp3) is 0.857. The van der Waals surface area contributed by atoms with Crippen LogP contribution in [-0.2, 0) is 14.3 Å². The Balaban J connectivity index is 3.46. The molecule has 0 saturated carbocycles. The molecule has 0 heterocycles. The molecule has 4 nitrogen and oxygen atoms in total. The van der Waals surface area contributed by atoms with Crippen molar-refractivity contribution in [1.82, 2.24) is 0 Å². The molecule has 0 aromatic heterocycles. The zero-order valence-corrected chi connectivity index (χ0v) is 21.3. The molecule has 0 aromatic carbocycles. The van der Waals surface area contributed by atoms with Crippen LogP contribution in [0, 0.1) is 5.92 Å². The first kappa shape index (κ1) is 30.7. The van der Waals surface area contributed by atoms with Crippen LogP contribution in [-0.4, -0.2) is 23.7 Å². The molecule has 0 bridgehead atoms. The van der Waals surface area contributed by atoms with Crippen molar-refractivity contribution < 1.29 is 19.4 Å². The Morgan fingerprint density at radius 2 is 1.16 bits per heavy atom. The van der Waals surface area contributed by atoms with Crippen molar-refractivity contribution >= 4 is 11.9 Å². The number of esters is 1. The van der Waals surface area contributed by atoms with Gasteiger partial charge in [0.05, 0.1) is 18.9 Å². The number of allylic oxidation sites excluding steroid dienone is 2. The largest absolute Gasteiger partial charge is 0.481 e. The highest BCUT2D eigenvalue weighted by Gasteiger charge is 2.21. The van der Waals surface area contributed by atoms with Gasteiger partial charge in [-0.1, -0.05) is 109 Å². The van der Waals surface area contributed by atoms with Crippen molar-refractivity contribution in [2.45, 2.75) is 142 Å². The van der Waals surface area contributed by atoms with E-state index in [1.54, 1.807) is 0 Å². The van der Waals surface area contributed by atoms with Gasteiger partial charge in [0.15, 0.2) is 0 Å². The van der Waals surface area contributed by atoms with Crippen molar-refractivity contribution in [2.24, 2.45) is 5.92 Å². The van der Waals surface area contributed by atoms with E-state index in [0.29, 0.717) is 13.0 Å². The van der Waals surface area contributed by atoms with Crippen LogP contribution in [0.25, 0.3) is 0 Å². The summed E-state index contributed by atoms with van der Waals surface area (Å²) in [7, 11) is 0. The van der Waals surface area contributed by atoms with Crippen molar-refractivity contribution in [3.8, 4) is 0 Å². The van der Waals surface area contributed by atoms with Gasteiger partial charge in [0.2, 0.25) is 0 Å². The Morgan fingerprint density at radius 1 is 0.688 bits per heavy atom. The summed E-state index contributed by atoms with van der Waals surface area (Å²) in [6.07, 6.45) is 27.8.